The molecule has 102 valence electrons. The van der Waals surface area contributed by atoms with Gasteiger partial charge in [0.2, 0.25) is 5.91 Å². The Kier molecular flexibility index (Phi) is 3.64. The van der Waals surface area contributed by atoms with Crippen LogP contribution in [-0.4, -0.2) is 26.7 Å². The largest absolute Gasteiger partial charge is 0.352 e. The van der Waals surface area contributed by atoms with E-state index in [4.69, 9.17) is 4.52 Å². The highest BCUT2D eigenvalue weighted by Gasteiger charge is 2.14. The lowest BCUT2D eigenvalue weighted by Gasteiger charge is -2.11. The first-order valence-electron chi connectivity index (χ1n) is 6.13. The Hall–Kier alpha value is -2.18. The zero-order chi connectivity index (χ0) is 14.0. The number of nitrogens with zero attached hydrogens (tertiary/aromatic N) is 3. The highest BCUT2D eigenvalue weighted by Crippen LogP contribution is 2.09. The minimum Gasteiger partial charge on any atom is -0.352 e. The number of aromatic nitrogens is 3. The van der Waals surface area contributed by atoms with Crippen LogP contribution >= 0.6 is 0 Å². The molecule has 19 heavy (non-hydrogen) atoms. The van der Waals surface area contributed by atoms with Crippen molar-refractivity contribution in [3.05, 3.63) is 22.4 Å². The van der Waals surface area contributed by atoms with Gasteiger partial charge in [-0.25, -0.2) is 4.98 Å². The molecule has 1 atom stereocenters. The lowest BCUT2D eigenvalue weighted by molar-refractivity contribution is -0.122. The minimum atomic E-state index is -0.317. The van der Waals surface area contributed by atoms with Crippen LogP contribution in [0.4, 0.5) is 0 Å². The number of aryl methyl sites for hydroxylation is 1. The zero-order valence-electron chi connectivity index (χ0n) is 11.1. The van der Waals surface area contributed by atoms with E-state index in [-0.39, 0.29) is 29.8 Å². The molecule has 2 aromatic rings. The predicted molar refractivity (Wildman–Crippen MR) is 68.7 cm³/mol. The highest BCUT2D eigenvalue weighted by atomic mass is 16.5. The van der Waals surface area contributed by atoms with Gasteiger partial charge >= 0.3 is 0 Å². The Bertz CT molecular complexity index is 659. The van der Waals surface area contributed by atoms with E-state index in [1.165, 1.54) is 10.9 Å². The summed E-state index contributed by atoms with van der Waals surface area (Å²) >= 11 is 0. The first-order chi connectivity index (χ1) is 9.02. The minimum absolute atomic E-state index is 0.0588. The van der Waals surface area contributed by atoms with Crippen molar-refractivity contribution in [1.82, 2.24) is 20.0 Å². The summed E-state index contributed by atoms with van der Waals surface area (Å²) in [7, 11) is 0. The number of carbonyl (C=O) groups is 1. The monoisotopic (exact) mass is 264 g/mol. The summed E-state index contributed by atoms with van der Waals surface area (Å²) in [4.78, 5) is 27.9. The van der Waals surface area contributed by atoms with Crippen LogP contribution in [0.2, 0.25) is 0 Å². The Morgan fingerprint density at radius 2 is 2.32 bits per heavy atom. The maximum Gasteiger partial charge on any atom is 0.267 e. The maximum absolute atomic E-state index is 12.1. The lowest BCUT2D eigenvalue weighted by atomic mass is 10.2. The highest BCUT2D eigenvalue weighted by molar-refractivity contribution is 5.77. The molecule has 7 nitrogen and oxygen atoms in total. The number of nitrogens with one attached hydrogen (secondary N) is 1. The summed E-state index contributed by atoms with van der Waals surface area (Å²) < 4.78 is 6.15. The summed E-state index contributed by atoms with van der Waals surface area (Å²) in [6.07, 6.45) is 2.13. The van der Waals surface area contributed by atoms with Gasteiger partial charge in [-0.3, -0.25) is 14.2 Å². The van der Waals surface area contributed by atoms with E-state index in [1.54, 1.807) is 6.92 Å². The van der Waals surface area contributed by atoms with E-state index < -0.39 is 0 Å². The number of amides is 1. The van der Waals surface area contributed by atoms with Crippen LogP contribution in [0, 0.1) is 6.92 Å². The number of carbonyl (C=O) groups excluding carboxylic acids is 1. The van der Waals surface area contributed by atoms with Gasteiger partial charge in [0.25, 0.3) is 11.3 Å². The Balaban J connectivity index is 2.26. The molecular weight excluding hydrogens is 248 g/mol. The van der Waals surface area contributed by atoms with Gasteiger partial charge in [-0.15, -0.1) is 0 Å². The lowest BCUT2D eigenvalue weighted by Crippen LogP contribution is -2.37. The second kappa shape index (κ2) is 5.21. The maximum atomic E-state index is 12.1. The summed E-state index contributed by atoms with van der Waals surface area (Å²) in [6.45, 7) is 5.49. The molecule has 0 aliphatic carbocycles. The van der Waals surface area contributed by atoms with Gasteiger partial charge in [0.15, 0.2) is 0 Å². The molecule has 0 unspecified atom stereocenters. The fraction of sp³-hybridized carbons (Fsp3) is 0.500. The van der Waals surface area contributed by atoms with Crippen LogP contribution in [0.5, 0.6) is 0 Å². The molecule has 2 aromatic heterocycles. The molecule has 0 aliphatic heterocycles. The van der Waals surface area contributed by atoms with Crippen LogP contribution < -0.4 is 10.9 Å². The Morgan fingerprint density at radius 3 is 3.00 bits per heavy atom. The standard InChI is InChI=1S/C12H16N4O3/c1-4-7(2)14-9(17)5-16-6-13-11-10(12(16)18)8(3)15-19-11/h6-7H,4-5H2,1-3H3,(H,14,17)/t7-/m1/s1. The van der Waals surface area contributed by atoms with Gasteiger partial charge in [0.1, 0.15) is 18.3 Å². The van der Waals surface area contributed by atoms with Crippen LogP contribution in [0.3, 0.4) is 0 Å². The van der Waals surface area contributed by atoms with Crippen molar-refractivity contribution < 1.29 is 9.32 Å². The first-order valence-corrected chi connectivity index (χ1v) is 6.13. The van der Waals surface area contributed by atoms with Gasteiger partial charge in [-0.2, -0.15) is 0 Å². The van der Waals surface area contributed by atoms with Crippen LogP contribution in [0.25, 0.3) is 11.1 Å². The molecule has 2 rings (SSSR count). The van der Waals surface area contributed by atoms with E-state index in [1.807, 2.05) is 13.8 Å². The zero-order valence-corrected chi connectivity index (χ0v) is 11.1. The number of hydrogen-bond acceptors (Lipinski definition) is 5. The molecule has 7 heteroatoms. The quantitative estimate of drug-likeness (QED) is 0.873. The average Bonchev–Trinajstić information content (AvgIpc) is 2.75. The molecular formula is C12H16N4O3. The van der Waals surface area contributed by atoms with E-state index >= 15 is 0 Å². The normalized spacial score (nSPS) is 12.6. The van der Waals surface area contributed by atoms with Gasteiger partial charge in [-0.1, -0.05) is 12.1 Å². The van der Waals surface area contributed by atoms with Crippen molar-refractivity contribution in [3.63, 3.8) is 0 Å². The molecule has 0 saturated heterocycles. The summed E-state index contributed by atoms with van der Waals surface area (Å²) in [5.74, 6) is -0.216. The summed E-state index contributed by atoms with van der Waals surface area (Å²) in [5.41, 5.74) is 0.355. The molecule has 0 spiro atoms. The smallest absolute Gasteiger partial charge is 0.267 e. The van der Waals surface area contributed by atoms with Crippen LogP contribution in [-0.2, 0) is 11.3 Å². The van der Waals surface area contributed by atoms with E-state index in [0.29, 0.717) is 11.1 Å². The van der Waals surface area contributed by atoms with Gasteiger partial charge < -0.3 is 9.84 Å². The Morgan fingerprint density at radius 1 is 1.58 bits per heavy atom. The van der Waals surface area contributed by atoms with Crippen molar-refractivity contribution in [2.45, 2.75) is 39.8 Å². The number of hydrogen-bond donors (Lipinski definition) is 1. The average molecular weight is 264 g/mol. The number of rotatable bonds is 4. The second-order valence-electron chi connectivity index (χ2n) is 4.50. The van der Waals surface area contributed by atoms with Gasteiger partial charge in [0.05, 0.1) is 5.69 Å². The van der Waals surface area contributed by atoms with Crippen molar-refractivity contribution >= 4 is 17.0 Å². The predicted octanol–water partition coefficient (Wildman–Crippen LogP) is 0.608. The third-order valence-corrected chi connectivity index (χ3v) is 2.97. The van der Waals surface area contributed by atoms with Crippen LogP contribution in [0.1, 0.15) is 26.0 Å². The molecule has 1 N–H and O–H groups in total. The van der Waals surface area contributed by atoms with Crippen molar-refractivity contribution in [3.8, 4) is 0 Å². The first kappa shape index (κ1) is 13.3. The SMILES string of the molecule is CC[C@@H](C)NC(=O)Cn1cnc2onc(C)c2c1=O. The second-order valence-corrected chi connectivity index (χ2v) is 4.50. The third kappa shape index (κ3) is 2.64. The molecule has 0 fully saturated rings. The molecule has 1 amide bonds. The van der Waals surface area contributed by atoms with Crippen molar-refractivity contribution in [2.24, 2.45) is 0 Å². The van der Waals surface area contributed by atoms with Crippen LogP contribution in [0.15, 0.2) is 15.6 Å². The van der Waals surface area contributed by atoms with Crippen molar-refractivity contribution in [1.29, 1.82) is 0 Å². The molecule has 0 bridgehead atoms. The topological polar surface area (TPSA) is 90.0 Å². The van der Waals surface area contributed by atoms with Gasteiger partial charge in [0, 0.05) is 6.04 Å². The summed E-state index contributed by atoms with van der Waals surface area (Å²) in [5, 5.41) is 6.80. The third-order valence-electron chi connectivity index (χ3n) is 2.97. The Labute approximate surface area is 109 Å². The van der Waals surface area contributed by atoms with E-state index in [0.717, 1.165) is 6.42 Å². The fourth-order valence-electron chi connectivity index (χ4n) is 1.70. The number of fused-ring (bicyclic) bond motifs is 1. The van der Waals surface area contributed by atoms with E-state index in [9.17, 15) is 9.59 Å². The fourth-order valence-corrected chi connectivity index (χ4v) is 1.70. The molecule has 0 radical (unpaired) electrons. The molecule has 0 aliphatic rings. The molecule has 0 aromatic carbocycles. The van der Waals surface area contributed by atoms with E-state index in [2.05, 4.69) is 15.5 Å². The molecule has 0 saturated carbocycles. The summed E-state index contributed by atoms with van der Waals surface area (Å²) in [6, 6.07) is 0.0808. The van der Waals surface area contributed by atoms with Gasteiger partial charge in [-0.05, 0) is 20.3 Å². The molecule has 2 heterocycles. The van der Waals surface area contributed by atoms with Crippen molar-refractivity contribution in [2.75, 3.05) is 0 Å².